The molecule has 0 nitrogen and oxygen atoms in total. The van der Waals surface area contributed by atoms with Crippen LogP contribution in [0.4, 0.5) is 0 Å². The second kappa shape index (κ2) is 5.49. The summed E-state index contributed by atoms with van der Waals surface area (Å²) in [6.07, 6.45) is 9.18. The molecule has 0 saturated heterocycles. The van der Waals surface area contributed by atoms with Gasteiger partial charge in [0.25, 0.3) is 0 Å². The van der Waals surface area contributed by atoms with E-state index in [2.05, 4.69) is 110 Å². The van der Waals surface area contributed by atoms with Crippen molar-refractivity contribution in [1.29, 1.82) is 0 Å². The molecule has 0 heteroatoms. The van der Waals surface area contributed by atoms with Gasteiger partial charge in [0.2, 0.25) is 0 Å². The number of benzene rings is 4. The number of allylic oxidation sites excluding steroid dienone is 4. The molecule has 0 heterocycles. The van der Waals surface area contributed by atoms with Crippen LogP contribution >= 0.6 is 0 Å². The Morgan fingerprint density at radius 3 is 2.37 bits per heavy atom. The zero-order chi connectivity index (χ0) is 19.9. The van der Waals surface area contributed by atoms with E-state index >= 15 is 0 Å². The second-order valence-corrected chi connectivity index (χ2v) is 8.62. The van der Waals surface area contributed by atoms with E-state index in [1.54, 1.807) is 0 Å². The first-order chi connectivity index (χ1) is 14.8. The average molecular weight is 380 g/mol. The fourth-order valence-electron chi connectivity index (χ4n) is 5.93. The minimum Gasteiger partial charge on any atom is -0.0651 e. The monoisotopic (exact) mass is 380 g/mol. The minimum atomic E-state index is -0.222. The van der Waals surface area contributed by atoms with Crippen molar-refractivity contribution in [2.75, 3.05) is 0 Å². The first kappa shape index (κ1) is 16.2. The molecule has 1 atom stereocenters. The summed E-state index contributed by atoms with van der Waals surface area (Å²) in [4.78, 5) is 0. The van der Waals surface area contributed by atoms with Gasteiger partial charge in [-0.1, -0.05) is 109 Å². The van der Waals surface area contributed by atoms with Gasteiger partial charge in [-0.05, 0) is 61.5 Å². The van der Waals surface area contributed by atoms with Crippen molar-refractivity contribution in [3.63, 3.8) is 0 Å². The van der Waals surface area contributed by atoms with Gasteiger partial charge in [0.15, 0.2) is 0 Å². The Labute approximate surface area is 175 Å². The first-order valence-corrected chi connectivity index (χ1v) is 10.6. The van der Waals surface area contributed by atoms with Gasteiger partial charge in [0.1, 0.15) is 0 Å². The molecule has 0 aliphatic heterocycles. The molecule has 4 aromatic rings. The van der Waals surface area contributed by atoms with Crippen molar-refractivity contribution in [1.82, 2.24) is 0 Å². The maximum Gasteiger partial charge on any atom is 0.0659 e. The van der Waals surface area contributed by atoms with Crippen molar-refractivity contribution in [3.05, 3.63) is 130 Å². The van der Waals surface area contributed by atoms with Crippen LogP contribution < -0.4 is 10.4 Å². The second-order valence-electron chi connectivity index (χ2n) is 8.62. The Bertz CT molecular complexity index is 1590. The van der Waals surface area contributed by atoms with Crippen LogP contribution in [0.25, 0.3) is 33.0 Å². The van der Waals surface area contributed by atoms with Crippen LogP contribution in [0.3, 0.4) is 0 Å². The van der Waals surface area contributed by atoms with E-state index in [0.29, 0.717) is 0 Å². The first-order valence-electron chi connectivity index (χ1n) is 10.6. The molecule has 0 aromatic heterocycles. The third-order valence-electron chi connectivity index (χ3n) is 7.10. The van der Waals surface area contributed by atoms with Gasteiger partial charge in [-0.3, -0.25) is 0 Å². The van der Waals surface area contributed by atoms with Gasteiger partial charge in [-0.25, -0.2) is 0 Å². The van der Waals surface area contributed by atoms with E-state index in [-0.39, 0.29) is 5.41 Å². The third kappa shape index (κ3) is 1.78. The molecular formula is C30H20. The Morgan fingerprint density at radius 2 is 1.47 bits per heavy atom. The molecule has 0 N–H and O–H groups in total. The van der Waals surface area contributed by atoms with Gasteiger partial charge in [0, 0.05) is 0 Å². The molecule has 0 radical (unpaired) electrons. The Kier molecular flexibility index (Phi) is 2.96. The Morgan fingerprint density at radius 1 is 0.700 bits per heavy atom. The molecule has 0 saturated carbocycles. The van der Waals surface area contributed by atoms with Crippen molar-refractivity contribution >= 4 is 21.9 Å². The van der Waals surface area contributed by atoms with Crippen LogP contribution in [0.1, 0.15) is 16.7 Å². The van der Waals surface area contributed by atoms with Gasteiger partial charge < -0.3 is 0 Å². The molecule has 3 aliphatic carbocycles. The molecule has 0 fully saturated rings. The molecule has 0 amide bonds. The van der Waals surface area contributed by atoms with Crippen molar-refractivity contribution in [3.8, 4) is 11.1 Å². The number of rotatable bonds is 0. The van der Waals surface area contributed by atoms with Crippen LogP contribution in [0.2, 0.25) is 0 Å². The molecule has 0 bridgehead atoms. The predicted octanol–water partition coefficient (Wildman–Crippen LogP) is 5.56. The normalized spacial score (nSPS) is 19.9. The van der Waals surface area contributed by atoms with E-state index in [0.717, 1.165) is 0 Å². The van der Waals surface area contributed by atoms with E-state index < -0.39 is 0 Å². The minimum absolute atomic E-state index is 0.222. The number of aryl methyl sites for hydroxylation is 1. The summed E-state index contributed by atoms with van der Waals surface area (Å²) in [5.41, 5.74) is 9.38. The van der Waals surface area contributed by atoms with E-state index in [9.17, 15) is 0 Å². The summed E-state index contributed by atoms with van der Waals surface area (Å²) < 4.78 is 0. The van der Waals surface area contributed by atoms with Crippen LogP contribution in [0.5, 0.6) is 0 Å². The number of hydrogen-bond donors (Lipinski definition) is 0. The Balaban J connectivity index is 1.84. The van der Waals surface area contributed by atoms with Crippen LogP contribution in [-0.4, -0.2) is 0 Å². The van der Waals surface area contributed by atoms with Crippen LogP contribution in [-0.2, 0) is 5.41 Å². The predicted molar refractivity (Wildman–Crippen MR) is 126 cm³/mol. The summed E-state index contributed by atoms with van der Waals surface area (Å²) in [5, 5.41) is 5.45. The molecule has 7 rings (SSSR count). The summed E-state index contributed by atoms with van der Waals surface area (Å²) in [6.45, 7) is 2.19. The average Bonchev–Trinajstić information content (AvgIpc) is 3.11. The lowest BCUT2D eigenvalue weighted by atomic mass is 9.61. The smallest absolute Gasteiger partial charge is 0.0651 e. The summed E-state index contributed by atoms with van der Waals surface area (Å²) >= 11 is 0. The zero-order valence-corrected chi connectivity index (χ0v) is 16.8. The van der Waals surface area contributed by atoms with Crippen LogP contribution in [0.15, 0.2) is 103 Å². The highest BCUT2D eigenvalue weighted by molar-refractivity contribution is 6.07. The fourth-order valence-corrected chi connectivity index (χ4v) is 5.93. The zero-order valence-electron chi connectivity index (χ0n) is 16.8. The van der Waals surface area contributed by atoms with E-state index in [4.69, 9.17) is 0 Å². The maximum atomic E-state index is 2.42. The lowest BCUT2D eigenvalue weighted by molar-refractivity contribution is 0.902. The Hall–Kier alpha value is -3.64. The van der Waals surface area contributed by atoms with Crippen molar-refractivity contribution in [2.24, 2.45) is 0 Å². The molecule has 140 valence electrons. The highest BCUT2D eigenvalue weighted by Gasteiger charge is 2.47. The van der Waals surface area contributed by atoms with Gasteiger partial charge in [0.05, 0.1) is 5.41 Å². The number of fused-ring (bicyclic) bond motifs is 7. The number of hydrogen-bond acceptors (Lipinski definition) is 0. The van der Waals surface area contributed by atoms with Gasteiger partial charge in [-0.2, -0.15) is 0 Å². The lowest BCUT2D eigenvalue weighted by Gasteiger charge is -2.40. The largest absolute Gasteiger partial charge is 0.0659 e. The molecular weight excluding hydrogens is 360 g/mol. The third-order valence-corrected chi connectivity index (χ3v) is 7.10. The quantitative estimate of drug-likeness (QED) is 0.375. The molecule has 1 spiro atoms. The fraction of sp³-hybridized carbons (Fsp3) is 0.0667. The van der Waals surface area contributed by atoms with Crippen molar-refractivity contribution < 1.29 is 0 Å². The molecule has 4 aromatic carbocycles. The molecule has 1 unspecified atom stereocenters. The van der Waals surface area contributed by atoms with Crippen molar-refractivity contribution in [2.45, 2.75) is 12.3 Å². The van der Waals surface area contributed by atoms with Gasteiger partial charge in [-0.15, -0.1) is 0 Å². The molecule has 30 heavy (non-hydrogen) atoms. The summed E-state index contributed by atoms with van der Waals surface area (Å²) in [7, 11) is 0. The summed E-state index contributed by atoms with van der Waals surface area (Å²) in [5.74, 6) is 0. The highest BCUT2D eigenvalue weighted by atomic mass is 14.5. The van der Waals surface area contributed by atoms with E-state index in [1.807, 2.05) is 0 Å². The van der Waals surface area contributed by atoms with Crippen LogP contribution in [0, 0.1) is 6.92 Å². The SMILES string of the molecule is Cc1ccc2ccc3c(c2c1)=C1c2ccccc2-c2ccccc2C12C=CC=CC=32. The standard InChI is InChI=1S/C30H20/c1-19-13-14-20-15-16-24-27-12-6-7-17-30(27)26-11-5-4-9-22(26)21-8-2-3-10-23(21)29(30)28(24)25(20)18-19/h2-18H,1H3. The maximum absolute atomic E-state index is 2.42. The highest BCUT2D eigenvalue weighted by Crippen LogP contribution is 2.56. The van der Waals surface area contributed by atoms with Gasteiger partial charge >= 0.3 is 0 Å². The molecule has 3 aliphatic rings. The lowest BCUT2D eigenvalue weighted by Crippen LogP contribution is -2.31. The van der Waals surface area contributed by atoms with E-state index in [1.165, 1.54) is 60.2 Å². The summed E-state index contributed by atoms with van der Waals surface area (Å²) in [6, 6.07) is 29.4. The topological polar surface area (TPSA) is 0 Å².